The molecule has 0 heterocycles. The summed E-state index contributed by atoms with van der Waals surface area (Å²) in [5.74, 6) is -1.03. The van der Waals surface area contributed by atoms with Gasteiger partial charge in [-0.3, -0.25) is 9.59 Å². The molecular formula is C33H26FNO2. The number of Topliss-reactive ketones (excluding diaryl/α,β-unsaturated/α-hetero) is 1. The molecule has 1 amide bonds. The molecule has 1 unspecified atom stereocenters. The molecule has 0 fully saturated rings. The highest BCUT2D eigenvalue weighted by Gasteiger charge is 2.26. The van der Waals surface area contributed by atoms with Gasteiger partial charge in [0.05, 0.1) is 12.3 Å². The molecule has 4 aromatic rings. The van der Waals surface area contributed by atoms with Crippen molar-refractivity contribution < 1.29 is 14.0 Å². The molecule has 6 rings (SSSR count). The van der Waals surface area contributed by atoms with Gasteiger partial charge in [0.1, 0.15) is 5.82 Å². The number of halogens is 1. The summed E-state index contributed by atoms with van der Waals surface area (Å²) in [5.41, 5.74) is 3.92. The predicted octanol–water partition coefficient (Wildman–Crippen LogP) is 5.17. The second-order valence-electron chi connectivity index (χ2n) is 9.68. The van der Waals surface area contributed by atoms with Gasteiger partial charge in [0.15, 0.2) is 5.78 Å². The highest BCUT2D eigenvalue weighted by molar-refractivity contribution is 6.05. The molecule has 37 heavy (non-hydrogen) atoms. The van der Waals surface area contributed by atoms with Crippen LogP contribution in [0.2, 0.25) is 0 Å². The number of benzene rings is 4. The fraction of sp³-hybridized carbons (Fsp3) is 0.152. The van der Waals surface area contributed by atoms with Crippen LogP contribution in [-0.2, 0) is 17.6 Å². The Morgan fingerprint density at radius 2 is 1.62 bits per heavy atom. The summed E-state index contributed by atoms with van der Waals surface area (Å²) >= 11 is 0. The Morgan fingerprint density at radius 3 is 2.46 bits per heavy atom. The second-order valence-corrected chi connectivity index (χ2v) is 9.68. The molecule has 182 valence electrons. The van der Waals surface area contributed by atoms with Crippen molar-refractivity contribution in [1.29, 1.82) is 0 Å². The van der Waals surface area contributed by atoms with Gasteiger partial charge in [0.25, 0.3) is 0 Å². The molecule has 0 spiro atoms. The van der Waals surface area contributed by atoms with Crippen molar-refractivity contribution in [3.8, 4) is 0 Å². The Morgan fingerprint density at radius 1 is 0.838 bits per heavy atom. The van der Waals surface area contributed by atoms with Gasteiger partial charge in [0, 0.05) is 11.3 Å². The fourth-order valence-electron chi connectivity index (χ4n) is 5.55. The minimum Gasteiger partial charge on any atom is -0.326 e. The molecule has 1 atom stereocenters. The fourth-order valence-corrected chi connectivity index (χ4v) is 5.55. The van der Waals surface area contributed by atoms with Gasteiger partial charge in [0.2, 0.25) is 5.91 Å². The van der Waals surface area contributed by atoms with Crippen molar-refractivity contribution in [2.45, 2.75) is 31.6 Å². The summed E-state index contributed by atoms with van der Waals surface area (Å²) in [4.78, 5) is 26.3. The highest BCUT2D eigenvalue weighted by atomic mass is 19.1. The molecule has 0 saturated carbocycles. The molecule has 4 heteroatoms. The molecule has 4 aromatic carbocycles. The zero-order chi connectivity index (χ0) is 25.4. The first-order valence-corrected chi connectivity index (χ1v) is 12.7. The van der Waals surface area contributed by atoms with Gasteiger partial charge in [-0.2, -0.15) is 0 Å². The summed E-state index contributed by atoms with van der Waals surface area (Å²) in [7, 11) is 0. The van der Waals surface area contributed by atoms with Crippen molar-refractivity contribution in [1.82, 2.24) is 0 Å². The van der Waals surface area contributed by atoms with E-state index >= 15 is 0 Å². The molecule has 0 saturated heterocycles. The summed E-state index contributed by atoms with van der Waals surface area (Å²) in [6.45, 7) is 0. The molecule has 3 nitrogen and oxygen atoms in total. The number of hydrogen-bond donors (Lipinski definition) is 1. The standard InChI is InChI=1S/C33H26FNO2/c34-30-12-6-3-9-24(30)20-31(36)35-25-16-13-22(14-17-25)33(37)29-19-23-8-2-4-10-26(23)28-18-15-21-7-1-5-11-27(21)32(28)29/h2-4,6-10,12-19,29H,1,5,11,20H2,(H,35,36). The van der Waals surface area contributed by atoms with E-state index in [-0.39, 0.29) is 24.0 Å². The lowest BCUT2D eigenvalue weighted by molar-refractivity contribution is -0.115. The molecule has 0 radical (unpaired) electrons. The van der Waals surface area contributed by atoms with Crippen LogP contribution in [0.1, 0.15) is 45.8 Å². The third kappa shape index (κ3) is 4.40. The number of fused-ring (bicyclic) bond motifs is 4. The maximum Gasteiger partial charge on any atom is 0.228 e. The SMILES string of the molecule is O=C(Cc1ccccc1F)Nc1ccc(C(=O)C2C=c3ccccc3=c3ccc4c(c32)CCCC=4)cc1. The van der Waals surface area contributed by atoms with Crippen molar-refractivity contribution >= 4 is 29.5 Å². The molecule has 2 aliphatic carbocycles. The predicted molar refractivity (Wildman–Crippen MR) is 144 cm³/mol. The Kier molecular flexibility index (Phi) is 6.01. The lowest BCUT2D eigenvalue weighted by Crippen LogP contribution is -2.25. The molecular weight excluding hydrogens is 461 g/mol. The van der Waals surface area contributed by atoms with Crippen LogP contribution < -0.4 is 15.8 Å². The number of hydrogen-bond acceptors (Lipinski definition) is 2. The van der Waals surface area contributed by atoms with Gasteiger partial charge in [-0.1, -0.05) is 66.7 Å². The van der Waals surface area contributed by atoms with Crippen LogP contribution in [0.15, 0.2) is 84.9 Å². The summed E-state index contributed by atoms with van der Waals surface area (Å²) in [6, 6.07) is 25.8. The van der Waals surface area contributed by atoms with Crippen LogP contribution in [0.3, 0.4) is 0 Å². The Hall–Kier alpha value is -4.31. The van der Waals surface area contributed by atoms with Crippen LogP contribution in [-0.4, -0.2) is 11.7 Å². The third-order valence-electron chi connectivity index (χ3n) is 7.34. The zero-order valence-corrected chi connectivity index (χ0v) is 20.3. The van der Waals surface area contributed by atoms with E-state index in [1.54, 1.807) is 42.5 Å². The zero-order valence-electron chi connectivity index (χ0n) is 20.3. The van der Waals surface area contributed by atoms with Gasteiger partial charge in [-0.15, -0.1) is 0 Å². The first-order chi connectivity index (χ1) is 18.1. The molecule has 0 aliphatic heterocycles. The van der Waals surface area contributed by atoms with Crippen LogP contribution in [0, 0.1) is 16.3 Å². The normalized spacial score (nSPS) is 15.3. The lowest BCUT2D eigenvalue weighted by atomic mass is 9.80. The smallest absolute Gasteiger partial charge is 0.228 e. The monoisotopic (exact) mass is 487 g/mol. The first kappa shape index (κ1) is 23.1. The average molecular weight is 488 g/mol. The van der Waals surface area contributed by atoms with Crippen LogP contribution in [0.25, 0.3) is 12.2 Å². The minimum atomic E-state index is -0.399. The second kappa shape index (κ2) is 9.62. The number of amides is 1. The van der Waals surface area contributed by atoms with E-state index in [2.05, 4.69) is 41.7 Å². The van der Waals surface area contributed by atoms with Crippen LogP contribution >= 0.6 is 0 Å². The van der Waals surface area contributed by atoms with Crippen molar-refractivity contribution in [2.75, 3.05) is 5.32 Å². The lowest BCUT2D eigenvalue weighted by Gasteiger charge is -2.23. The number of ketones is 1. The van der Waals surface area contributed by atoms with Crippen molar-refractivity contribution in [3.63, 3.8) is 0 Å². The van der Waals surface area contributed by atoms with E-state index in [4.69, 9.17) is 0 Å². The van der Waals surface area contributed by atoms with E-state index in [1.165, 1.54) is 22.1 Å². The first-order valence-electron chi connectivity index (χ1n) is 12.7. The number of nitrogens with one attached hydrogen (secondary N) is 1. The van der Waals surface area contributed by atoms with Crippen LogP contribution in [0.4, 0.5) is 10.1 Å². The summed E-state index contributed by atoms with van der Waals surface area (Å²) in [6.07, 6.45) is 7.45. The molecule has 0 aromatic heterocycles. The van der Waals surface area contributed by atoms with Crippen molar-refractivity contribution in [3.05, 3.63) is 134 Å². The Balaban J connectivity index is 1.31. The number of anilines is 1. The maximum absolute atomic E-state index is 13.9. The van der Waals surface area contributed by atoms with Crippen LogP contribution in [0.5, 0.6) is 0 Å². The summed E-state index contributed by atoms with van der Waals surface area (Å²) < 4.78 is 13.9. The molecule has 1 N–H and O–H groups in total. The van der Waals surface area contributed by atoms with Gasteiger partial charge >= 0.3 is 0 Å². The van der Waals surface area contributed by atoms with E-state index in [0.29, 0.717) is 16.8 Å². The third-order valence-corrected chi connectivity index (χ3v) is 7.34. The van der Waals surface area contributed by atoms with E-state index in [0.717, 1.165) is 35.3 Å². The highest BCUT2D eigenvalue weighted by Crippen LogP contribution is 2.30. The average Bonchev–Trinajstić information content (AvgIpc) is 2.93. The maximum atomic E-state index is 13.9. The van der Waals surface area contributed by atoms with E-state index in [9.17, 15) is 14.0 Å². The molecule has 0 bridgehead atoms. The summed E-state index contributed by atoms with van der Waals surface area (Å²) in [5, 5.41) is 7.43. The van der Waals surface area contributed by atoms with E-state index in [1.807, 2.05) is 12.1 Å². The van der Waals surface area contributed by atoms with E-state index < -0.39 is 5.82 Å². The van der Waals surface area contributed by atoms with Gasteiger partial charge < -0.3 is 5.32 Å². The Bertz CT molecular complexity index is 1760. The Labute approximate surface area is 214 Å². The van der Waals surface area contributed by atoms with Crippen molar-refractivity contribution in [2.24, 2.45) is 0 Å². The van der Waals surface area contributed by atoms with Gasteiger partial charge in [-0.05, 0) is 87.2 Å². The minimum absolute atomic E-state index is 0.0407. The number of carbonyl (C=O) groups excluding carboxylic acids is 2. The largest absolute Gasteiger partial charge is 0.326 e. The number of carbonyl (C=O) groups is 2. The van der Waals surface area contributed by atoms with Gasteiger partial charge in [-0.25, -0.2) is 4.39 Å². The quantitative estimate of drug-likeness (QED) is 0.395. The number of rotatable bonds is 5. The molecule has 2 aliphatic rings. The topological polar surface area (TPSA) is 46.2 Å².